The molecule has 8 heteroatoms. The molecule has 1 amide bonds. The lowest BCUT2D eigenvalue weighted by atomic mass is 10.3. The van der Waals surface area contributed by atoms with Crippen molar-refractivity contribution in [2.75, 3.05) is 37.7 Å². The van der Waals surface area contributed by atoms with E-state index in [-0.39, 0.29) is 12.5 Å². The van der Waals surface area contributed by atoms with Gasteiger partial charge in [-0.15, -0.1) is 0 Å². The highest BCUT2D eigenvalue weighted by Crippen LogP contribution is 2.22. The Morgan fingerprint density at radius 1 is 1.00 bits per heavy atom. The molecule has 0 N–H and O–H groups in total. The summed E-state index contributed by atoms with van der Waals surface area (Å²) in [7, 11) is 0. The molecule has 0 spiro atoms. The molecular weight excluding hydrogens is 411 g/mol. The topological polar surface area (TPSA) is 50.6 Å². The van der Waals surface area contributed by atoms with Gasteiger partial charge in [-0.3, -0.25) is 9.36 Å². The number of anilines is 1. The van der Waals surface area contributed by atoms with Crippen molar-refractivity contribution in [3.05, 3.63) is 71.0 Å². The predicted octanol–water partition coefficient (Wildman–Crippen LogP) is 3.91. The molecule has 0 atom stereocenters. The molecule has 150 valence electrons. The van der Waals surface area contributed by atoms with Crippen molar-refractivity contribution in [2.45, 2.75) is 0 Å². The lowest BCUT2D eigenvalue weighted by Crippen LogP contribution is -2.50. The number of aromatic nitrogens is 2. The molecule has 6 nitrogen and oxygen atoms in total. The van der Waals surface area contributed by atoms with Gasteiger partial charge in [-0.2, -0.15) is 0 Å². The molecule has 2 aromatic carbocycles. The summed E-state index contributed by atoms with van der Waals surface area (Å²) in [5.41, 5.74) is 0.958. The second-order valence-electron chi connectivity index (χ2n) is 6.69. The third-order valence-electron chi connectivity index (χ3n) is 4.80. The number of rotatable bonds is 5. The Kier molecular flexibility index (Phi) is 5.92. The van der Waals surface area contributed by atoms with Gasteiger partial charge in [0.1, 0.15) is 5.75 Å². The van der Waals surface area contributed by atoms with E-state index in [4.69, 9.17) is 27.9 Å². The fourth-order valence-corrected chi connectivity index (χ4v) is 3.59. The Bertz CT molecular complexity index is 982. The van der Waals surface area contributed by atoms with E-state index >= 15 is 0 Å². The molecule has 0 aliphatic carbocycles. The second-order valence-corrected chi connectivity index (χ2v) is 7.56. The van der Waals surface area contributed by atoms with Crippen molar-refractivity contribution in [1.82, 2.24) is 14.5 Å². The van der Waals surface area contributed by atoms with Gasteiger partial charge in [-0.25, -0.2) is 4.98 Å². The van der Waals surface area contributed by atoms with Crippen LogP contribution in [-0.4, -0.2) is 53.1 Å². The molecule has 3 aromatic rings. The first-order chi connectivity index (χ1) is 14.1. The Morgan fingerprint density at radius 2 is 1.76 bits per heavy atom. The first-order valence-corrected chi connectivity index (χ1v) is 10.1. The maximum Gasteiger partial charge on any atom is 0.260 e. The van der Waals surface area contributed by atoms with Crippen molar-refractivity contribution in [2.24, 2.45) is 0 Å². The maximum atomic E-state index is 12.5. The van der Waals surface area contributed by atoms with E-state index < -0.39 is 0 Å². The van der Waals surface area contributed by atoms with Gasteiger partial charge in [0.25, 0.3) is 5.91 Å². The van der Waals surface area contributed by atoms with Crippen LogP contribution in [0, 0.1) is 0 Å². The van der Waals surface area contributed by atoms with Gasteiger partial charge in [0.2, 0.25) is 5.95 Å². The highest BCUT2D eigenvalue weighted by molar-refractivity contribution is 6.31. The van der Waals surface area contributed by atoms with Crippen LogP contribution >= 0.6 is 23.2 Å². The average molecular weight is 431 g/mol. The van der Waals surface area contributed by atoms with Gasteiger partial charge in [-0.05, 0) is 42.5 Å². The molecule has 1 fully saturated rings. The summed E-state index contributed by atoms with van der Waals surface area (Å²) in [6, 6.07) is 14.6. The van der Waals surface area contributed by atoms with Crippen molar-refractivity contribution in [3.8, 4) is 11.4 Å². The zero-order chi connectivity index (χ0) is 20.2. The van der Waals surface area contributed by atoms with Crippen LogP contribution in [0.25, 0.3) is 5.69 Å². The number of imidazole rings is 1. The summed E-state index contributed by atoms with van der Waals surface area (Å²) in [6.07, 6.45) is 3.69. The van der Waals surface area contributed by atoms with Crippen LogP contribution in [0.15, 0.2) is 60.9 Å². The van der Waals surface area contributed by atoms with Crippen LogP contribution in [0.3, 0.4) is 0 Å². The number of ether oxygens (including phenoxy) is 1. The number of nitrogens with zero attached hydrogens (tertiary/aromatic N) is 4. The van der Waals surface area contributed by atoms with E-state index in [1.807, 2.05) is 39.9 Å². The van der Waals surface area contributed by atoms with Crippen LogP contribution in [0.1, 0.15) is 0 Å². The largest absolute Gasteiger partial charge is 0.484 e. The van der Waals surface area contributed by atoms with Crippen molar-refractivity contribution < 1.29 is 9.53 Å². The van der Waals surface area contributed by atoms with Crippen LogP contribution in [0.2, 0.25) is 10.0 Å². The molecule has 29 heavy (non-hydrogen) atoms. The number of piperazine rings is 1. The number of carbonyl (C=O) groups excluding carboxylic acids is 1. The number of carbonyl (C=O) groups is 1. The Hall–Kier alpha value is -2.70. The second kappa shape index (κ2) is 8.76. The monoisotopic (exact) mass is 430 g/mol. The molecule has 1 aliphatic rings. The summed E-state index contributed by atoms with van der Waals surface area (Å²) in [5, 5.41) is 1.31. The van der Waals surface area contributed by atoms with E-state index in [1.165, 1.54) is 0 Å². The number of hydrogen-bond donors (Lipinski definition) is 0. The Labute approximate surface area is 179 Å². The Balaban J connectivity index is 1.34. The number of halogens is 2. The maximum absolute atomic E-state index is 12.5. The fraction of sp³-hybridized carbons (Fsp3) is 0.238. The molecule has 2 heterocycles. The van der Waals surface area contributed by atoms with Gasteiger partial charge in [-0.1, -0.05) is 29.3 Å². The van der Waals surface area contributed by atoms with Crippen molar-refractivity contribution in [3.63, 3.8) is 0 Å². The third kappa shape index (κ3) is 4.66. The van der Waals surface area contributed by atoms with Gasteiger partial charge in [0, 0.05) is 54.3 Å². The van der Waals surface area contributed by atoms with Crippen molar-refractivity contribution >= 4 is 35.1 Å². The van der Waals surface area contributed by atoms with Crippen LogP contribution in [0.5, 0.6) is 5.75 Å². The summed E-state index contributed by atoms with van der Waals surface area (Å²) in [5.74, 6) is 1.44. The minimum atomic E-state index is -0.0298. The van der Waals surface area contributed by atoms with E-state index in [9.17, 15) is 4.79 Å². The molecule has 4 rings (SSSR count). The molecule has 0 unspecified atom stereocenters. The highest BCUT2D eigenvalue weighted by atomic mass is 35.5. The molecule has 0 saturated carbocycles. The molecular formula is C21H20Cl2N4O2. The van der Waals surface area contributed by atoms with E-state index in [1.54, 1.807) is 30.5 Å². The smallest absolute Gasteiger partial charge is 0.260 e. The van der Waals surface area contributed by atoms with Crippen LogP contribution < -0.4 is 9.64 Å². The van der Waals surface area contributed by atoms with E-state index in [2.05, 4.69) is 9.88 Å². The minimum Gasteiger partial charge on any atom is -0.484 e. The number of benzene rings is 2. The quantitative estimate of drug-likeness (QED) is 0.615. The van der Waals surface area contributed by atoms with Gasteiger partial charge < -0.3 is 14.5 Å². The predicted molar refractivity (Wildman–Crippen MR) is 114 cm³/mol. The van der Waals surface area contributed by atoms with E-state index in [0.717, 1.165) is 11.6 Å². The molecule has 0 bridgehead atoms. The molecule has 1 aromatic heterocycles. The summed E-state index contributed by atoms with van der Waals surface area (Å²) < 4.78 is 7.58. The zero-order valence-corrected chi connectivity index (χ0v) is 17.2. The highest BCUT2D eigenvalue weighted by Gasteiger charge is 2.24. The SMILES string of the molecule is O=C(COc1ccc(Cl)cc1)N1CCN(c2nccn2-c2cccc(Cl)c2)CC1. The molecule has 1 saturated heterocycles. The normalized spacial score (nSPS) is 14.1. The minimum absolute atomic E-state index is 0.0127. The van der Waals surface area contributed by atoms with Crippen molar-refractivity contribution in [1.29, 1.82) is 0 Å². The zero-order valence-electron chi connectivity index (χ0n) is 15.7. The van der Waals surface area contributed by atoms with Gasteiger partial charge >= 0.3 is 0 Å². The molecule has 0 radical (unpaired) electrons. The number of amides is 1. The molecule has 1 aliphatic heterocycles. The van der Waals surface area contributed by atoms with Crippen LogP contribution in [0.4, 0.5) is 5.95 Å². The third-order valence-corrected chi connectivity index (χ3v) is 5.29. The average Bonchev–Trinajstić information content (AvgIpc) is 3.23. The first kappa shape index (κ1) is 19.6. The summed E-state index contributed by atoms with van der Waals surface area (Å²) >= 11 is 12.0. The van der Waals surface area contributed by atoms with Gasteiger partial charge in [0.15, 0.2) is 6.61 Å². The standard InChI is InChI=1S/C21H20Cl2N4O2/c22-16-4-6-19(7-5-16)29-15-20(28)25-10-12-26(13-11-25)21-24-8-9-27(21)18-3-1-2-17(23)14-18/h1-9,14H,10-13,15H2. The van der Waals surface area contributed by atoms with E-state index in [0.29, 0.717) is 42.0 Å². The Morgan fingerprint density at radius 3 is 2.48 bits per heavy atom. The lowest BCUT2D eigenvalue weighted by molar-refractivity contribution is -0.133. The van der Waals surface area contributed by atoms with Gasteiger partial charge in [0.05, 0.1) is 0 Å². The fourth-order valence-electron chi connectivity index (χ4n) is 3.28. The summed E-state index contributed by atoms with van der Waals surface area (Å²) in [4.78, 5) is 21.0. The number of hydrogen-bond acceptors (Lipinski definition) is 4. The van der Waals surface area contributed by atoms with Crippen LogP contribution in [-0.2, 0) is 4.79 Å². The first-order valence-electron chi connectivity index (χ1n) is 9.30. The lowest BCUT2D eigenvalue weighted by Gasteiger charge is -2.35. The summed E-state index contributed by atoms with van der Waals surface area (Å²) in [6.45, 7) is 2.64.